The van der Waals surface area contributed by atoms with Gasteiger partial charge in [0.05, 0.1) is 7.11 Å². The Bertz CT molecular complexity index is 1210. The second-order valence-corrected chi connectivity index (χ2v) is 8.40. The first-order chi connectivity index (χ1) is 15.5. The summed E-state index contributed by atoms with van der Waals surface area (Å²) in [7, 11) is 1.61. The van der Waals surface area contributed by atoms with Gasteiger partial charge in [0, 0.05) is 11.4 Å². The molecule has 0 spiro atoms. The number of amides is 1. The number of carbonyl (C=O) groups excluding carboxylic acids is 1. The SMILES string of the molecule is COc1ccc(NC(=O)[C@H](Sc2nnc(C)n2-c2cccc(C)c2)c2ccccc2)cc1. The number of methoxy groups -OCH3 is 1. The van der Waals surface area contributed by atoms with E-state index in [4.69, 9.17) is 4.74 Å². The summed E-state index contributed by atoms with van der Waals surface area (Å²) >= 11 is 1.38. The number of aryl methyl sites for hydroxylation is 2. The standard InChI is InChI=1S/C25H24N4O2S/c1-17-8-7-11-21(16-17)29-18(2)27-28-25(29)32-23(19-9-5-4-6-10-19)24(30)26-20-12-14-22(31-3)15-13-20/h4-16,23H,1-3H3,(H,26,30)/t23-/m1/s1. The maximum atomic E-state index is 13.4. The van der Waals surface area contributed by atoms with E-state index in [0.29, 0.717) is 10.8 Å². The van der Waals surface area contributed by atoms with Crippen molar-refractivity contribution in [2.45, 2.75) is 24.3 Å². The number of carbonyl (C=O) groups is 1. The summed E-state index contributed by atoms with van der Waals surface area (Å²) in [6, 6.07) is 25.1. The molecule has 0 aliphatic carbocycles. The minimum Gasteiger partial charge on any atom is -0.497 e. The molecule has 0 bridgehead atoms. The summed E-state index contributed by atoms with van der Waals surface area (Å²) in [5, 5.41) is 11.8. The van der Waals surface area contributed by atoms with Crippen LogP contribution in [-0.4, -0.2) is 27.8 Å². The average Bonchev–Trinajstić information content (AvgIpc) is 3.18. The zero-order chi connectivity index (χ0) is 22.5. The Morgan fingerprint density at radius 1 is 0.969 bits per heavy atom. The zero-order valence-corrected chi connectivity index (χ0v) is 19.0. The van der Waals surface area contributed by atoms with Gasteiger partial charge in [0.1, 0.15) is 16.8 Å². The highest BCUT2D eigenvalue weighted by molar-refractivity contribution is 8.00. The van der Waals surface area contributed by atoms with Crippen LogP contribution in [0.1, 0.15) is 22.2 Å². The third-order valence-corrected chi connectivity index (χ3v) is 6.17. The molecule has 0 fully saturated rings. The zero-order valence-electron chi connectivity index (χ0n) is 18.1. The third-order valence-electron chi connectivity index (χ3n) is 4.98. The minimum atomic E-state index is -0.509. The molecule has 1 N–H and O–H groups in total. The first kappa shape index (κ1) is 21.6. The van der Waals surface area contributed by atoms with Crippen LogP contribution in [0.4, 0.5) is 5.69 Å². The van der Waals surface area contributed by atoms with Crippen LogP contribution in [0, 0.1) is 13.8 Å². The number of hydrogen-bond donors (Lipinski definition) is 1. The third kappa shape index (κ3) is 4.84. The first-order valence-corrected chi connectivity index (χ1v) is 11.1. The lowest BCUT2D eigenvalue weighted by Crippen LogP contribution is -2.19. The largest absolute Gasteiger partial charge is 0.497 e. The van der Waals surface area contributed by atoms with Gasteiger partial charge < -0.3 is 10.1 Å². The fraction of sp³-hybridized carbons (Fsp3) is 0.160. The van der Waals surface area contributed by atoms with Gasteiger partial charge in [0.2, 0.25) is 5.91 Å². The van der Waals surface area contributed by atoms with Crippen molar-refractivity contribution < 1.29 is 9.53 Å². The Morgan fingerprint density at radius 2 is 1.72 bits per heavy atom. The quantitative estimate of drug-likeness (QED) is 0.388. The van der Waals surface area contributed by atoms with E-state index in [1.807, 2.05) is 91.2 Å². The van der Waals surface area contributed by atoms with Crippen molar-refractivity contribution in [1.29, 1.82) is 0 Å². The van der Waals surface area contributed by atoms with Crippen LogP contribution >= 0.6 is 11.8 Å². The van der Waals surface area contributed by atoms with Crippen molar-refractivity contribution in [1.82, 2.24) is 14.8 Å². The monoisotopic (exact) mass is 444 g/mol. The summed E-state index contributed by atoms with van der Waals surface area (Å²) in [6.07, 6.45) is 0. The number of nitrogens with one attached hydrogen (secondary N) is 1. The fourth-order valence-electron chi connectivity index (χ4n) is 3.37. The molecule has 0 aliphatic rings. The molecular weight excluding hydrogens is 420 g/mol. The Kier molecular flexibility index (Phi) is 6.56. The minimum absolute atomic E-state index is 0.136. The van der Waals surface area contributed by atoms with E-state index in [-0.39, 0.29) is 5.91 Å². The van der Waals surface area contributed by atoms with Crippen LogP contribution in [-0.2, 0) is 4.79 Å². The number of hydrogen-bond acceptors (Lipinski definition) is 5. The normalized spacial score (nSPS) is 11.7. The molecule has 1 heterocycles. The predicted octanol–water partition coefficient (Wildman–Crippen LogP) is 5.36. The van der Waals surface area contributed by atoms with E-state index >= 15 is 0 Å². The molecule has 4 aromatic rings. The van der Waals surface area contributed by atoms with Crippen LogP contribution in [0.15, 0.2) is 84.0 Å². The molecule has 1 atom stereocenters. The summed E-state index contributed by atoms with van der Waals surface area (Å²) in [5.41, 5.74) is 3.70. The lowest BCUT2D eigenvalue weighted by atomic mass is 10.1. The number of nitrogens with zero attached hydrogens (tertiary/aromatic N) is 3. The number of ether oxygens (including phenoxy) is 1. The summed E-state index contributed by atoms with van der Waals surface area (Å²) in [5.74, 6) is 1.36. The van der Waals surface area contributed by atoms with Crippen molar-refractivity contribution >= 4 is 23.4 Å². The number of anilines is 1. The molecule has 0 saturated carbocycles. The van der Waals surface area contributed by atoms with E-state index in [1.165, 1.54) is 11.8 Å². The molecule has 0 radical (unpaired) electrons. The van der Waals surface area contributed by atoms with Gasteiger partial charge in [-0.2, -0.15) is 0 Å². The molecule has 0 aliphatic heterocycles. The molecule has 1 aromatic heterocycles. The Balaban J connectivity index is 1.66. The number of aromatic nitrogens is 3. The van der Waals surface area contributed by atoms with Crippen LogP contribution in [0.5, 0.6) is 5.75 Å². The Hall–Kier alpha value is -3.58. The van der Waals surface area contributed by atoms with Crippen LogP contribution < -0.4 is 10.1 Å². The van der Waals surface area contributed by atoms with E-state index in [1.54, 1.807) is 7.11 Å². The van der Waals surface area contributed by atoms with Gasteiger partial charge in [-0.1, -0.05) is 54.2 Å². The molecular formula is C25H24N4O2S. The molecule has 1 amide bonds. The first-order valence-electron chi connectivity index (χ1n) is 10.2. The fourth-order valence-corrected chi connectivity index (χ4v) is 4.47. The van der Waals surface area contributed by atoms with Gasteiger partial charge in [-0.15, -0.1) is 10.2 Å². The summed E-state index contributed by atoms with van der Waals surface area (Å²) < 4.78 is 7.18. The lowest BCUT2D eigenvalue weighted by molar-refractivity contribution is -0.115. The van der Waals surface area contributed by atoms with Crippen molar-refractivity contribution in [2.24, 2.45) is 0 Å². The van der Waals surface area contributed by atoms with Crippen molar-refractivity contribution in [3.8, 4) is 11.4 Å². The number of rotatable bonds is 7. The van der Waals surface area contributed by atoms with Crippen molar-refractivity contribution in [3.05, 3.63) is 95.8 Å². The molecule has 32 heavy (non-hydrogen) atoms. The van der Waals surface area contributed by atoms with E-state index < -0.39 is 5.25 Å². The number of benzene rings is 3. The second kappa shape index (κ2) is 9.70. The van der Waals surface area contributed by atoms with Gasteiger partial charge in [-0.25, -0.2) is 0 Å². The molecule has 0 unspecified atom stereocenters. The Labute approximate surface area is 191 Å². The van der Waals surface area contributed by atoms with Crippen LogP contribution in [0.3, 0.4) is 0 Å². The summed E-state index contributed by atoms with van der Waals surface area (Å²) in [4.78, 5) is 13.4. The molecule has 7 heteroatoms. The van der Waals surface area contributed by atoms with Gasteiger partial charge in [-0.3, -0.25) is 9.36 Å². The molecule has 6 nitrogen and oxygen atoms in total. The highest BCUT2D eigenvalue weighted by atomic mass is 32.2. The van der Waals surface area contributed by atoms with Gasteiger partial charge >= 0.3 is 0 Å². The highest BCUT2D eigenvalue weighted by Gasteiger charge is 2.26. The van der Waals surface area contributed by atoms with Crippen molar-refractivity contribution in [3.63, 3.8) is 0 Å². The van der Waals surface area contributed by atoms with Gasteiger partial charge in [0.15, 0.2) is 5.16 Å². The maximum absolute atomic E-state index is 13.4. The molecule has 3 aromatic carbocycles. The summed E-state index contributed by atoms with van der Waals surface area (Å²) in [6.45, 7) is 3.96. The van der Waals surface area contributed by atoms with Crippen LogP contribution in [0.25, 0.3) is 5.69 Å². The van der Waals surface area contributed by atoms with Gasteiger partial charge in [0.25, 0.3) is 0 Å². The van der Waals surface area contributed by atoms with E-state index in [2.05, 4.69) is 21.6 Å². The van der Waals surface area contributed by atoms with E-state index in [9.17, 15) is 4.79 Å². The highest BCUT2D eigenvalue weighted by Crippen LogP contribution is 2.37. The van der Waals surface area contributed by atoms with E-state index in [0.717, 1.165) is 28.4 Å². The smallest absolute Gasteiger partial charge is 0.242 e. The second-order valence-electron chi connectivity index (χ2n) is 7.33. The van der Waals surface area contributed by atoms with Crippen LogP contribution in [0.2, 0.25) is 0 Å². The number of thioether (sulfide) groups is 1. The Morgan fingerprint density at radius 3 is 2.41 bits per heavy atom. The van der Waals surface area contributed by atoms with Crippen molar-refractivity contribution in [2.75, 3.05) is 12.4 Å². The lowest BCUT2D eigenvalue weighted by Gasteiger charge is -2.18. The molecule has 162 valence electrons. The molecule has 4 rings (SSSR count). The predicted molar refractivity (Wildman–Crippen MR) is 127 cm³/mol. The van der Waals surface area contributed by atoms with Gasteiger partial charge in [-0.05, 0) is 61.4 Å². The maximum Gasteiger partial charge on any atom is 0.242 e. The topological polar surface area (TPSA) is 69.0 Å². The average molecular weight is 445 g/mol. The molecule has 0 saturated heterocycles.